The number of aryl methyl sites for hydroxylation is 1. The molecule has 28 heavy (non-hydrogen) atoms. The summed E-state index contributed by atoms with van der Waals surface area (Å²) in [6, 6.07) is 13.8. The topological polar surface area (TPSA) is 94.4 Å². The lowest BCUT2D eigenvalue weighted by Gasteiger charge is -2.10. The quantitative estimate of drug-likeness (QED) is 0.360. The Morgan fingerprint density at radius 1 is 1.25 bits per heavy atom. The van der Waals surface area contributed by atoms with Gasteiger partial charge in [-0.1, -0.05) is 30.8 Å². The summed E-state index contributed by atoms with van der Waals surface area (Å²) in [6.07, 6.45) is 0.781. The number of rotatable bonds is 7. The van der Waals surface area contributed by atoms with Crippen LogP contribution in [-0.2, 0) is 11.2 Å². The summed E-state index contributed by atoms with van der Waals surface area (Å²) in [5.41, 5.74) is 1.88. The SMILES string of the molecule is CCc1cc2ccc(OC)cc2nc1SCC(=O)Nc1ccccc1[N+](=O)[O-]. The van der Waals surface area contributed by atoms with Gasteiger partial charge in [0, 0.05) is 17.5 Å². The van der Waals surface area contributed by atoms with Gasteiger partial charge in [0.1, 0.15) is 16.5 Å². The van der Waals surface area contributed by atoms with Crippen LogP contribution in [0.5, 0.6) is 5.75 Å². The summed E-state index contributed by atoms with van der Waals surface area (Å²) in [5, 5.41) is 15.4. The Morgan fingerprint density at radius 3 is 2.75 bits per heavy atom. The molecule has 1 aromatic heterocycles. The van der Waals surface area contributed by atoms with Crippen molar-refractivity contribution in [3.63, 3.8) is 0 Å². The summed E-state index contributed by atoms with van der Waals surface area (Å²) in [6.45, 7) is 2.03. The Bertz CT molecular complexity index is 1040. The van der Waals surface area contributed by atoms with E-state index >= 15 is 0 Å². The summed E-state index contributed by atoms with van der Waals surface area (Å²) < 4.78 is 5.25. The van der Waals surface area contributed by atoms with E-state index in [1.165, 1.54) is 23.9 Å². The number of pyridine rings is 1. The van der Waals surface area contributed by atoms with Crippen molar-refractivity contribution < 1.29 is 14.5 Å². The number of fused-ring (bicyclic) bond motifs is 1. The number of nitro groups is 1. The van der Waals surface area contributed by atoms with Gasteiger partial charge in [0.05, 0.1) is 23.3 Å². The van der Waals surface area contributed by atoms with Gasteiger partial charge in [-0.3, -0.25) is 14.9 Å². The number of anilines is 1. The fraction of sp³-hybridized carbons (Fsp3) is 0.200. The van der Waals surface area contributed by atoms with Crippen molar-refractivity contribution in [3.05, 3.63) is 64.2 Å². The number of methoxy groups -OCH3 is 1. The third-order valence-electron chi connectivity index (χ3n) is 4.16. The molecule has 0 saturated carbocycles. The predicted octanol–water partition coefficient (Wildman–Crippen LogP) is 4.44. The van der Waals surface area contributed by atoms with Gasteiger partial charge in [-0.25, -0.2) is 4.98 Å². The molecule has 0 spiro atoms. The molecule has 0 fully saturated rings. The smallest absolute Gasteiger partial charge is 0.292 e. The Hall–Kier alpha value is -3.13. The molecule has 1 heterocycles. The first kappa shape index (κ1) is 19.6. The molecule has 2 aromatic carbocycles. The molecule has 144 valence electrons. The molecule has 8 heteroatoms. The van der Waals surface area contributed by atoms with Crippen molar-refractivity contribution in [1.82, 2.24) is 4.98 Å². The number of aromatic nitrogens is 1. The van der Waals surface area contributed by atoms with Crippen molar-refractivity contribution in [3.8, 4) is 5.75 Å². The van der Waals surface area contributed by atoms with Gasteiger partial charge in [0.25, 0.3) is 5.69 Å². The van der Waals surface area contributed by atoms with E-state index in [4.69, 9.17) is 4.74 Å². The standard InChI is InChI=1S/C20H19N3O4S/c1-3-13-10-14-8-9-15(27-2)11-17(14)22-20(13)28-12-19(24)21-16-6-4-5-7-18(16)23(25)26/h4-11H,3,12H2,1-2H3,(H,21,24). The number of ether oxygens (including phenoxy) is 1. The molecule has 3 aromatic rings. The molecular weight excluding hydrogens is 378 g/mol. The summed E-state index contributed by atoms with van der Waals surface area (Å²) in [4.78, 5) is 27.6. The second kappa shape index (κ2) is 8.71. The van der Waals surface area contributed by atoms with E-state index in [1.54, 1.807) is 19.2 Å². The number of nitro benzene ring substituents is 1. The Balaban J connectivity index is 1.77. The Labute approximate surface area is 166 Å². The first-order chi connectivity index (χ1) is 13.5. The van der Waals surface area contributed by atoms with E-state index in [1.807, 2.05) is 25.1 Å². The summed E-state index contributed by atoms with van der Waals surface area (Å²) in [5.74, 6) is 0.491. The number of carbonyl (C=O) groups excluding carboxylic acids is 1. The molecule has 0 atom stereocenters. The first-order valence-electron chi connectivity index (χ1n) is 8.65. The molecule has 0 saturated heterocycles. The van der Waals surface area contributed by atoms with Crippen LogP contribution in [0.15, 0.2) is 53.6 Å². The van der Waals surface area contributed by atoms with E-state index in [-0.39, 0.29) is 23.0 Å². The number of thioether (sulfide) groups is 1. The van der Waals surface area contributed by atoms with Crippen LogP contribution in [0, 0.1) is 10.1 Å². The average Bonchev–Trinajstić information content (AvgIpc) is 2.71. The van der Waals surface area contributed by atoms with E-state index in [2.05, 4.69) is 16.4 Å². The second-order valence-corrected chi connectivity index (χ2v) is 6.94. The van der Waals surface area contributed by atoms with Crippen LogP contribution in [0.1, 0.15) is 12.5 Å². The zero-order valence-electron chi connectivity index (χ0n) is 15.5. The van der Waals surface area contributed by atoms with Gasteiger partial charge in [-0.2, -0.15) is 0 Å². The minimum absolute atomic E-state index is 0.0987. The van der Waals surface area contributed by atoms with Gasteiger partial charge < -0.3 is 10.1 Å². The number of amides is 1. The van der Waals surface area contributed by atoms with Crippen LogP contribution in [0.25, 0.3) is 10.9 Å². The van der Waals surface area contributed by atoms with E-state index in [0.29, 0.717) is 5.75 Å². The predicted molar refractivity (Wildman–Crippen MR) is 110 cm³/mol. The van der Waals surface area contributed by atoms with E-state index < -0.39 is 4.92 Å². The maximum Gasteiger partial charge on any atom is 0.292 e. The number of benzene rings is 2. The average molecular weight is 397 g/mol. The molecule has 0 aliphatic heterocycles. The fourth-order valence-electron chi connectivity index (χ4n) is 2.74. The van der Waals surface area contributed by atoms with Gasteiger partial charge in [-0.05, 0) is 36.2 Å². The van der Waals surface area contributed by atoms with Gasteiger partial charge >= 0.3 is 0 Å². The van der Waals surface area contributed by atoms with Crippen LogP contribution >= 0.6 is 11.8 Å². The molecule has 0 aliphatic rings. The minimum atomic E-state index is -0.518. The molecule has 0 unspecified atom stereocenters. The lowest BCUT2D eigenvalue weighted by molar-refractivity contribution is -0.383. The van der Waals surface area contributed by atoms with Crippen LogP contribution in [0.4, 0.5) is 11.4 Å². The zero-order chi connectivity index (χ0) is 20.1. The highest BCUT2D eigenvalue weighted by Crippen LogP contribution is 2.28. The van der Waals surface area contributed by atoms with Crippen molar-refractivity contribution in [2.24, 2.45) is 0 Å². The Morgan fingerprint density at radius 2 is 2.04 bits per heavy atom. The molecule has 0 aliphatic carbocycles. The summed E-state index contributed by atoms with van der Waals surface area (Å²) >= 11 is 1.31. The van der Waals surface area contributed by atoms with Crippen LogP contribution in [0.3, 0.4) is 0 Å². The molecule has 1 N–H and O–H groups in total. The maximum absolute atomic E-state index is 12.3. The molecular formula is C20H19N3O4S. The fourth-order valence-corrected chi connectivity index (χ4v) is 3.63. The van der Waals surface area contributed by atoms with Gasteiger partial charge in [0.2, 0.25) is 5.91 Å². The number of nitrogens with zero attached hydrogens (tertiary/aromatic N) is 2. The number of hydrogen-bond acceptors (Lipinski definition) is 6. The first-order valence-corrected chi connectivity index (χ1v) is 9.64. The van der Waals surface area contributed by atoms with Crippen LogP contribution < -0.4 is 10.1 Å². The van der Waals surface area contributed by atoms with Gasteiger partial charge in [0.15, 0.2) is 0 Å². The van der Waals surface area contributed by atoms with E-state index in [9.17, 15) is 14.9 Å². The highest BCUT2D eigenvalue weighted by Gasteiger charge is 2.16. The third kappa shape index (κ3) is 4.40. The largest absolute Gasteiger partial charge is 0.497 e. The highest BCUT2D eigenvalue weighted by atomic mass is 32.2. The zero-order valence-corrected chi connectivity index (χ0v) is 16.3. The maximum atomic E-state index is 12.3. The molecule has 0 bridgehead atoms. The Kier molecular flexibility index (Phi) is 6.10. The summed E-state index contributed by atoms with van der Waals surface area (Å²) in [7, 11) is 1.60. The van der Waals surface area contributed by atoms with Crippen molar-refractivity contribution in [1.29, 1.82) is 0 Å². The number of para-hydroxylation sites is 2. The monoisotopic (exact) mass is 397 g/mol. The van der Waals surface area contributed by atoms with Crippen molar-refractivity contribution >= 4 is 39.9 Å². The normalized spacial score (nSPS) is 10.6. The second-order valence-electron chi connectivity index (χ2n) is 5.98. The third-order valence-corrected chi connectivity index (χ3v) is 5.19. The highest BCUT2D eigenvalue weighted by molar-refractivity contribution is 8.00. The van der Waals surface area contributed by atoms with Crippen LogP contribution in [-0.4, -0.2) is 28.7 Å². The molecule has 1 amide bonds. The van der Waals surface area contributed by atoms with Gasteiger partial charge in [-0.15, -0.1) is 0 Å². The van der Waals surface area contributed by atoms with Crippen LogP contribution in [0.2, 0.25) is 0 Å². The molecule has 0 radical (unpaired) electrons. The minimum Gasteiger partial charge on any atom is -0.497 e. The lowest BCUT2D eigenvalue weighted by Crippen LogP contribution is -2.15. The van der Waals surface area contributed by atoms with Crippen molar-refractivity contribution in [2.75, 3.05) is 18.2 Å². The molecule has 7 nitrogen and oxygen atoms in total. The van der Waals surface area contributed by atoms with E-state index in [0.717, 1.165) is 27.9 Å². The number of carbonyl (C=O) groups is 1. The number of nitrogens with one attached hydrogen (secondary N) is 1. The number of hydrogen-bond donors (Lipinski definition) is 1. The van der Waals surface area contributed by atoms with Crippen molar-refractivity contribution in [2.45, 2.75) is 18.4 Å². The lowest BCUT2D eigenvalue weighted by atomic mass is 10.1. The molecule has 3 rings (SSSR count).